The van der Waals surface area contributed by atoms with Crippen molar-refractivity contribution in [3.05, 3.63) is 82.8 Å². The zero-order valence-corrected chi connectivity index (χ0v) is 18.9. The Morgan fingerprint density at radius 2 is 1.81 bits per heavy atom. The van der Waals surface area contributed by atoms with Gasteiger partial charge in [-0.2, -0.15) is 4.98 Å². The molecule has 192 valence electrons. The topological polar surface area (TPSA) is 129 Å². The molecule has 2 aromatic heterocycles. The zero-order chi connectivity index (χ0) is 26.4. The number of amides is 1. The molecule has 1 amide bonds. The summed E-state index contributed by atoms with van der Waals surface area (Å²) >= 11 is 0. The van der Waals surface area contributed by atoms with Crippen molar-refractivity contribution >= 4 is 6.09 Å². The van der Waals surface area contributed by atoms with Crippen LogP contribution in [0.3, 0.4) is 0 Å². The highest BCUT2D eigenvalue weighted by atomic mass is 19.4. The fourth-order valence-electron chi connectivity index (χ4n) is 3.30. The van der Waals surface area contributed by atoms with Gasteiger partial charge in [-0.3, -0.25) is 4.79 Å². The van der Waals surface area contributed by atoms with Crippen molar-refractivity contribution in [2.24, 2.45) is 0 Å². The minimum atomic E-state index is -4.79. The number of alkyl halides is 3. The predicted octanol–water partition coefficient (Wildman–Crippen LogP) is 4.16. The predicted molar refractivity (Wildman–Crippen MR) is 123 cm³/mol. The van der Waals surface area contributed by atoms with E-state index in [4.69, 9.17) is 14.4 Å². The first-order valence-electron chi connectivity index (χ1n) is 10.8. The minimum Gasteiger partial charge on any atom is -0.492 e. The van der Waals surface area contributed by atoms with Crippen LogP contribution in [-0.2, 0) is 6.54 Å². The number of nitrogens with zero attached hydrogens (tertiary/aromatic N) is 3. The number of nitrogens with one attached hydrogen (secondary N) is 1. The van der Waals surface area contributed by atoms with Gasteiger partial charge in [0.05, 0.1) is 18.7 Å². The summed E-state index contributed by atoms with van der Waals surface area (Å²) in [6.07, 6.45) is -4.39. The number of carbonyl (C=O) groups is 1. The van der Waals surface area contributed by atoms with E-state index in [2.05, 4.69) is 20.2 Å². The van der Waals surface area contributed by atoms with E-state index in [9.17, 15) is 22.8 Å². The fraction of sp³-hybridized carbons (Fsp3) is 0.167. The lowest BCUT2D eigenvalue weighted by molar-refractivity contribution is -0.274. The van der Waals surface area contributed by atoms with Crippen molar-refractivity contribution < 1.29 is 37.1 Å². The third-order valence-electron chi connectivity index (χ3n) is 4.90. The number of pyridine rings is 1. The average Bonchev–Trinajstić information content (AvgIpc) is 3.33. The summed E-state index contributed by atoms with van der Waals surface area (Å²) in [5.41, 5.74) is 1.35. The summed E-state index contributed by atoms with van der Waals surface area (Å²) in [6.45, 7) is 0.473. The molecule has 0 radical (unpaired) electrons. The van der Waals surface area contributed by atoms with Crippen LogP contribution in [0.25, 0.3) is 22.8 Å². The molecule has 37 heavy (non-hydrogen) atoms. The molecule has 0 atom stereocenters. The SMILES string of the molecule is O=C(O)NCCOc1cccc(Cn2cc(-c3nc(-c4ccc(OC(F)(F)F)cc4)no3)ccc2=O)c1. The number of halogens is 3. The van der Waals surface area contributed by atoms with Crippen LogP contribution < -0.4 is 20.3 Å². The van der Waals surface area contributed by atoms with E-state index in [1.165, 1.54) is 28.8 Å². The van der Waals surface area contributed by atoms with Crippen LogP contribution in [0.4, 0.5) is 18.0 Å². The molecule has 0 unspecified atom stereocenters. The van der Waals surface area contributed by atoms with Crippen molar-refractivity contribution in [1.29, 1.82) is 0 Å². The van der Waals surface area contributed by atoms with Crippen LogP contribution in [0.1, 0.15) is 5.56 Å². The number of aromatic nitrogens is 3. The normalized spacial score (nSPS) is 11.2. The molecular formula is C24H19F3N4O6. The lowest BCUT2D eigenvalue weighted by Crippen LogP contribution is -2.26. The molecule has 0 aliphatic rings. The Balaban J connectivity index is 1.47. The van der Waals surface area contributed by atoms with Crippen LogP contribution in [-0.4, -0.2) is 45.4 Å². The van der Waals surface area contributed by atoms with Crippen molar-refractivity contribution in [3.63, 3.8) is 0 Å². The maximum Gasteiger partial charge on any atom is 0.573 e. The van der Waals surface area contributed by atoms with E-state index in [0.717, 1.165) is 17.7 Å². The Hall–Kier alpha value is -4.81. The average molecular weight is 516 g/mol. The molecule has 13 heteroatoms. The molecule has 0 spiro atoms. The lowest BCUT2D eigenvalue weighted by atomic mass is 10.2. The van der Waals surface area contributed by atoms with Gasteiger partial charge in [0, 0.05) is 17.8 Å². The first kappa shape index (κ1) is 25.3. The maximum absolute atomic E-state index is 12.4. The number of hydrogen-bond donors (Lipinski definition) is 2. The molecule has 0 aliphatic heterocycles. The van der Waals surface area contributed by atoms with Crippen molar-refractivity contribution in [1.82, 2.24) is 20.0 Å². The van der Waals surface area contributed by atoms with Gasteiger partial charge in [-0.25, -0.2) is 4.79 Å². The summed E-state index contributed by atoms with van der Waals surface area (Å²) in [5.74, 6) is 0.399. The highest BCUT2D eigenvalue weighted by Gasteiger charge is 2.31. The fourth-order valence-corrected chi connectivity index (χ4v) is 3.30. The summed E-state index contributed by atoms with van der Waals surface area (Å²) in [6, 6.07) is 14.9. The van der Waals surface area contributed by atoms with E-state index in [1.54, 1.807) is 30.5 Å². The Labute approximate surface area is 206 Å². The Morgan fingerprint density at radius 3 is 2.54 bits per heavy atom. The molecule has 0 saturated heterocycles. The quantitative estimate of drug-likeness (QED) is 0.318. The minimum absolute atomic E-state index is 0.113. The number of ether oxygens (including phenoxy) is 2. The highest BCUT2D eigenvalue weighted by Crippen LogP contribution is 2.27. The second-order valence-electron chi connectivity index (χ2n) is 7.61. The van der Waals surface area contributed by atoms with Crippen LogP contribution in [0.15, 0.2) is 76.2 Å². The van der Waals surface area contributed by atoms with Gasteiger partial charge in [0.25, 0.3) is 11.4 Å². The highest BCUT2D eigenvalue weighted by molar-refractivity contribution is 5.64. The van der Waals surface area contributed by atoms with Gasteiger partial charge in [0.2, 0.25) is 5.82 Å². The molecule has 4 rings (SSSR count). The van der Waals surface area contributed by atoms with Gasteiger partial charge in [-0.1, -0.05) is 17.3 Å². The second kappa shape index (κ2) is 10.8. The monoisotopic (exact) mass is 516 g/mol. The molecule has 4 aromatic rings. The molecule has 10 nitrogen and oxygen atoms in total. The molecule has 0 bridgehead atoms. The summed E-state index contributed by atoms with van der Waals surface area (Å²) in [7, 11) is 0. The van der Waals surface area contributed by atoms with Crippen LogP contribution >= 0.6 is 0 Å². The summed E-state index contributed by atoms with van der Waals surface area (Å²) in [5, 5.41) is 14.7. The molecule has 2 heterocycles. The summed E-state index contributed by atoms with van der Waals surface area (Å²) < 4.78 is 53.2. The van der Waals surface area contributed by atoms with Gasteiger partial charge >= 0.3 is 12.5 Å². The molecule has 0 aliphatic carbocycles. The lowest BCUT2D eigenvalue weighted by Gasteiger charge is -2.10. The summed E-state index contributed by atoms with van der Waals surface area (Å²) in [4.78, 5) is 27.2. The van der Waals surface area contributed by atoms with Gasteiger partial charge in [0.1, 0.15) is 18.1 Å². The van der Waals surface area contributed by atoms with Crippen molar-refractivity contribution in [2.45, 2.75) is 12.9 Å². The molecular weight excluding hydrogens is 497 g/mol. The van der Waals surface area contributed by atoms with Gasteiger partial charge in [0.15, 0.2) is 0 Å². The van der Waals surface area contributed by atoms with Crippen LogP contribution in [0.5, 0.6) is 11.5 Å². The van der Waals surface area contributed by atoms with E-state index in [1.807, 2.05) is 0 Å². The van der Waals surface area contributed by atoms with Crippen molar-refractivity contribution in [2.75, 3.05) is 13.2 Å². The standard InChI is InChI=1S/C24H19F3N4O6/c25-24(26,27)36-18-7-4-16(5-8-18)21-29-22(37-30-21)17-6-9-20(32)31(14-17)13-15-2-1-3-19(12-15)35-11-10-28-23(33)34/h1-9,12,14,28H,10-11,13H2,(H,33,34). The van der Waals surface area contributed by atoms with Gasteiger partial charge in [-0.15, -0.1) is 13.2 Å². The Kier molecular flexibility index (Phi) is 7.41. The molecule has 2 N–H and O–H groups in total. The first-order valence-corrected chi connectivity index (χ1v) is 10.8. The maximum atomic E-state index is 12.4. The van der Waals surface area contributed by atoms with Crippen molar-refractivity contribution in [3.8, 4) is 34.3 Å². The Morgan fingerprint density at radius 1 is 1.05 bits per heavy atom. The van der Waals surface area contributed by atoms with E-state index in [0.29, 0.717) is 16.9 Å². The number of hydrogen-bond acceptors (Lipinski definition) is 7. The zero-order valence-electron chi connectivity index (χ0n) is 18.9. The third kappa shape index (κ3) is 7.10. The Bertz CT molecular complexity index is 1430. The molecule has 0 fully saturated rings. The van der Waals surface area contributed by atoms with Crippen LogP contribution in [0.2, 0.25) is 0 Å². The van der Waals surface area contributed by atoms with E-state index >= 15 is 0 Å². The van der Waals surface area contributed by atoms with Gasteiger partial charge in [-0.05, 0) is 48.0 Å². The smallest absolute Gasteiger partial charge is 0.492 e. The second-order valence-corrected chi connectivity index (χ2v) is 7.61. The van der Waals surface area contributed by atoms with Gasteiger partial charge < -0.3 is 29.0 Å². The number of benzene rings is 2. The largest absolute Gasteiger partial charge is 0.573 e. The van der Waals surface area contributed by atoms with Crippen LogP contribution in [0, 0.1) is 0 Å². The molecule has 2 aromatic carbocycles. The number of rotatable bonds is 9. The molecule has 0 saturated carbocycles. The van der Waals surface area contributed by atoms with E-state index in [-0.39, 0.29) is 42.7 Å². The first-order chi connectivity index (χ1) is 17.7. The third-order valence-corrected chi connectivity index (χ3v) is 4.90. The van der Waals surface area contributed by atoms with E-state index < -0.39 is 12.5 Å². The number of carboxylic acid groups (broad SMARTS) is 1.